The minimum atomic E-state index is -0.632. The standard InChI is InChI=1S/C15H23NO2/c1-4-12-5-7-13(8-6-12)14(17)10-16-15(18)9-11(2)3/h5-8,11,14,17H,4,9-10H2,1-3H3,(H,16,18). The molecular formula is C15H23NO2. The molecule has 0 aromatic heterocycles. The third-order valence-corrected chi connectivity index (χ3v) is 2.86. The number of nitrogens with one attached hydrogen (secondary N) is 1. The molecule has 100 valence electrons. The van der Waals surface area contributed by atoms with E-state index in [9.17, 15) is 9.90 Å². The Morgan fingerprint density at radius 2 is 1.89 bits per heavy atom. The van der Waals surface area contributed by atoms with Gasteiger partial charge in [-0.2, -0.15) is 0 Å². The number of hydrogen-bond donors (Lipinski definition) is 2. The van der Waals surface area contributed by atoms with Gasteiger partial charge >= 0.3 is 0 Å². The molecule has 0 spiro atoms. The summed E-state index contributed by atoms with van der Waals surface area (Å²) in [5.41, 5.74) is 2.09. The van der Waals surface area contributed by atoms with E-state index in [1.165, 1.54) is 5.56 Å². The van der Waals surface area contributed by atoms with Gasteiger partial charge in [0.05, 0.1) is 6.10 Å². The molecule has 3 nitrogen and oxygen atoms in total. The molecule has 3 heteroatoms. The van der Waals surface area contributed by atoms with E-state index in [-0.39, 0.29) is 12.5 Å². The monoisotopic (exact) mass is 249 g/mol. The molecule has 0 bridgehead atoms. The van der Waals surface area contributed by atoms with Crippen molar-refractivity contribution in [1.29, 1.82) is 0 Å². The van der Waals surface area contributed by atoms with Gasteiger partial charge in [0.2, 0.25) is 5.91 Å². The average molecular weight is 249 g/mol. The second-order valence-corrected chi connectivity index (χ2v) is 5.01. The van der Waals surface area contributed by atoms with Gasteiger partial charge in [0.25, 0.3) is 0 Å². The van der Waals surface area contributed by atoms with Crippen molar-refractivity contribution in [3.8, 4) is 0 Å². The molecule has 1 amide bonds. The third-order valence-electron chi connectivity index (χ3n) is 2.86. The Kier molecular flexibility index (Phi) is 5.86. The molecule has 0 saturated heterocycles. The lowest BCUT2D eigenvalue weighted by Crippen LogP contribution is -2.29. The van der Waals surface area contributed by atoms with Crippen LogP contribution in [0.1, 0.15) is 44.4 Å². The van der Waals surface area contributed by atoms with Crippen LogP contribution in [-0.4, -0.2) is 17.6 Å². The lowest BCUT2D eigenvalue weighted by atomic mass is 10.1. The Bertz CT molecular complexity index is 371. The van der Waals surface area contributed by atoms with Crippen LogP contribution in [0.3, 0.4) is 0 Å². The van der Waals surface area contributed by atoms with E-state index < -0.39 is 6.10 Å². The molecule has 1 unspecified atom stereocenters. The Balaban J connectivity index is 2.44. The zero-order valence-electron chi connectivity index (χ0n) is 11.4. The highest BCUT2D eigenvalue weighted by Gasteiger charge is 2.10. The van der Waals surface area contributed by atoms with Gasteiger partial charge in [-0.15, -0.1) is 0 Å². The number of carbonyl (C=O) groups is 1. The normalized spacial score (nSPS) is 12.5. The maximum atomic E-state index is 11.5. The van der Waals surface area contributed by atoms with Crippen molar-refractivity contribution in [3.63, 3.8) is 0 Å². The zero-order valence-corrected chi connectivity index (χ0v) is 11.4. The Labute approximate surface area is 109 Å². The minimum absolute atomic E-state index is 0.00534. The number of aliphatic hydroxyl groups excluding tert-OH is 1. The number of hydrogen-bond acceptors (Lipinski definition) is 2. The van der Waals surface area contributed by atoms with Crippen LogP contribution in [0.2, 0.25) is 0 Å². The van der Waals surface area contributed by atoms with E-state index in [4.69, 9.17) is 0 Å². The van der Waals surface area contributed by atoms with Gasteiger partial charge in [0, 0.05) is 13.0 Å². The summed E-state index contributed by atoms with van der Waals surface area (Å²) in [6, 6.07) is 7.85. The summed E-state index contributed by atoms with van der Waals surface area (Å²) in [4.78, 5) is 11.5. The van der Waals surface area contributed by atoms with E-state index in [2.05, 4.69) is 12.2 Å². The Morgan fingerprint density at radius 1 is 1.28 bits per heavy atom. The van der Waals surface area contributed by atoms with E-state index in [0.717, 1.165) is 12.0 Å². The molecular weight excluding hydrogens is 226 g/mol. The van der Waals surface area contributed by atoms with Gasteiger partial charge in [-0.3, -0.25) is 4.79 Å². The summed E-state index contributed by atoms with van der Waals surface area (Å²) in [5, 5.41) is 12.7. The molecule has 0 saturated carbocycles. The van der Waals surface area contributed by atoms with Gasteiger partial charge in [-0.25, -0.2) is 0 Å². The largest absolute Gasteiger partial charge is 0.387 e. The maximum absolute atomic E-state index is 11.5. The smallest absolute Gasteiger partial charge is 0.220 e. The first kappa shape index (κ1) is 14.7. The summed E-state index contributed by atoms with van der Waals surface area (Å²) < 4.78 is 0. The van der Waals surface area contributed by atoms with E-state index in [1.54, 1.807) is 0 Å². The van der Waals surface area contributed by atoms with Gasteiger partial charge in [0.15, 0.2) is 0 Å². The molecule has 0 aliphatic heterocycles. The van der Waals surface area contributed by atoms with Crippen LogP contribution in [0.25, 0.3) is 0 Å². The fourth-order valence-electron chi connectivity index (χ4n) is 1.75. The molecule has 1 aromatic carbocycles. The average Bonchev–Trinajstić information content (AvgIpc) is 2.35. The van der Waals surface area contributed by atoms with Crippen LogP contribution >= 0.6 is 0 Å². The zero-order chi connectivity index (χ0) is 13.5. The van der Waals surface area contributed by atoms with Crippen LogP contribution in [0, 0.1) is 5.92 Å². The molecule has 0 aliphatic rings. The highest BCUT2D eigenvalue weighted by molar-refractivity contribution is 5.76. The molecule has 18 heavy (non-hydrogen) atoms. The fraction of sp³-hybridized carbons (Fsp3) is 0.533. The Morgan fingerprint density at radius 3 is 2.39 bits per heavy atom. The second-order valence-electron chi connectivity index (χ2n) is 5.01. The number of aliphatic hydroxyl groups is 1. The summed E-state index contributed by atoms with van der Waals surface area (Å²) in [5.74, 6) is 0.334. The van der Waals surface area contributed by atoms with Gasteiger partial charge < -0.3 is 10.4 Å². The van der Waals surface area contributed by atoms with Gasteiger partial charge in [-0.1, -0.05) is 45.0 Å². The number of carbonyl (C=O) groups excluding carboxylic acids is 1. The van der Waals surface area contributed by atoms with Gasteiger partial charge in [0.1, 0.15) is 0 Å². The molecule has 1 aromatic rings. The van der Waals surface area contributed by atoms with Crippen molar-refractivity contribution in [2.24, 2.45) is 5.92 Å². The molecule has 0 fully saturated rings. The lowest BCUT2D eigenvalue weighted by Gasteiger charge is -2.13. The SMILES string of the molecule is CCc1ccc(C(O)CNC(=O)CC(C)C)cc1. The summed E-state index contributed by atoms with van der Waals surface area (Å²) in [6.07, 6.45) is 0.857. The highest BCUT2D eigenvalue weighted by atomic mass is 16.3. The minimum Gasteiger partial charge on any atom is -0.387 e. The predicted octanol–water partition coefficient (Wildman–Crippen LogP) is 2.44. The number of amides is 1. The van der Waals surface area contributed by atoms with Crippen molar-refractivity contribution in [2.75, 3.05) is 6.54 Å². The van der Waals surface area contributed by atoms with E-state index >= 15 is 0 Å². The molecule has 0 heterocycles. The maximum Gasteiger partial charge on any atom is 0.220 e. The first-order valence-corrected chi connectivity index (χ1v) is 6.56. The van der Waals surface area contributed by atoms with Crippen LogP contribution in [0.5, 0.6) is 0 Å². The van der Waals surface area contributed by atoms with Crippen molar-refractivity contribution in [3.05, 3.63) is 35.4 Å². The fourth-order valence-corrected chi connectivity index (χ4v) is 1.75. The first-order chi connectivity index (χ1) is 8.52. The first-order valence-electron chi connectivity index (χ1n) is 6.56. The molecule has 1 rings (SSSR count). The Hall–Kier alpha value is -1.35. The van der Waals surface area contributed by atoms with Crippen LogP contribution in [0.4, 0.5) is 0 Å². The highest BCUT2D eigenvalue weighted by Crippen LogP contribution is 2.13. The molecule has 0 aliphatic carbocycles. The topological polar surface area (TPSA) is 49.3 Å². The van der Waals surface area contributed by atoms with Crippen molar-refractivity contribution in [1.82, 2.24) is 5.32 Å². The van der Waals surface area contributed by atoms with E-state index in [0.29, 0.717) is 12.3 Å². The van der Waals surface area contributed by atoms with Crippen molar-refractivity contribution in [2.45, 2.75) is 39.7 Å². The van der Waals surface area contributed by atoms with Crippen LogP contribution < -0.4 is 5.32 Å². The van der Waals surface area contributed by atoms with E-state index in [1.807, 2.05) is 38.1 Å². The summed E-state index contributed by atoms with van der Waals surface area (Å²) >= 11 is 0. The lowest BCUT2D eigenvalue weighted by molar-refractivity contribution is -0.122. The molecule has 2 N–H and O–H groups in total. The number of benzene rings is 1. The van der Waals surface area contributed by atoms with Crippen LogP contribution in [0.15, 0.2) is 24.3 Å². The predicted molar refractivity (Wildman–Crippen MR) is 73.2 cm³/mol. The quantitative estimate of drug-likeness (QED) is 0.813. The molecule has 0 radical (unpaired) electrons. The second kappa shape index (κ2) is 7.17. The van der Waals surface area contributed by atoms with Crippen LogP contribution in [-0.2, 0) is 11.2 Å². The van der Waals surface area contributed by atoms with Gasteiger partial charge in [-0.05, 0) is 23.5 Å². The third kappa shape index (κ3) is 4.88. The van der Waals surface area contributed by atoms with Crippen molar-refractivity contribution < 1.29 is 9.90 Å². The number of aryl methyl sites for hydroxylation is 1. The number of rotatable bonds is 6. The molecule has 1 atom stereocenters. The summed E-state index contributed by atoms with van der Waals surface area (Å²) in [7, 11) is 0. The summed E-state index contributed by atoms with van der Waals surface area (Å²) in [6.45, 7) is 6.37. The van der Waals surface area contributed by atoms with Crippen molar-refractivity contribution >= 4 is 5.91 Å².